The van der Waals surface area contributed by atoms with Gasteiger partial charge in [0.15, 0.2) is 0 Å². The van der Waals surface area contributed by atoms with Gasteiger partial charge in [0.2, 0.25) is 0 Å². The molecule has 0 fully saturated rings. The monoisotopic (exact) mass is 311 g/mol. The summed E-state index contributed by atoms with van der Waals surface area (Å²) in [5.41, 5.74) is 7.84. The van der Waals surface area contributed by atoms with Gasteiger partial charge in [-0.15, -0.1) is 0 Å². The molecule has 0 aliphatic heterocycles. The molecule has 0 aliphatic rings. The fraction of sp³-hybridized carbons (Fsp3) is 0.200. The molecular weight excluding hydrogens is 297 g/mol. The van der Waals surface area contributed by atoms with Crippen molar-refractivity contribution in [2.45, 2.75) is 6.04 Å². The van der Waals surface area contributed by atoms with Crippen molar-refractivity contribution < 1.29 is 9.47 Å². The van der Waals surface area contributed by atoms with E-state index in [1.54, 1.807) is 32.4 Å². The van der Waals surface area contributed by atoms with E-state index in [0.29, 0.717) is 21.5 Å². The molecule has 0 bridgehead atoms. The second-order valence-corrected chi connectivity index (χ2v) is 5.10. The fourth-order valence-corrected chi connectivity index (χ4v) is 2.42. The Kier molecular flexibility index (Phi) is 4.76. The second kappa shape index (κ2) is 6.35. The molecule has 1 atom stereocenters. The minimum atomic E-state index is -0.453. The van der Waals surface area contributed by atoms with Crippen LogP contribution < -0.4 is 15.2 Å². The minimum Gasteiger partial charge on any atom is -0.497 e. The van der Waals surface area contributed by atoms with Crippen LogP contribution in [0.2, 0.25) is 10.0 Å². The predicted octanol–water partition coefficient (Wildman–Crippen LogP) is 4.06. The molecule has 2 aromatic carbocycles. The highest BCUT2D eigenvalue weighted by Gasteiger charge is 2.18. The Morgan fingerprint density at radius 1 is 0.950 bits per heavy atom. The first-order chi connectivity index (χ1) is 9.56. The lowest BCUT2D eigenvalue weighted by atomic mass is 9.98. The van der Waals surface area contributed by atoms with Crippen LogP contribution in [0.25, 0.3) is 0 Å². The fourth-order valence-electron chi connectivity index (χ4n) is 2.00. The number of ether oxygens (including phenoxy) is 2. The smallest absolute Gasteiger partial charge is 0.124 e. The van der Waals surface area contributed by atoms with E-state index in [2.05, 4.69) is 0 Å². The van der Waals surface area contributed by atoms with Crippen LogP contribution in [0, 0.1) is 0 Å². The summed E-state index contributed by atoms with van der Waals surface area (Å²) in [5, 5.41) is 1.15. The first-order valence-electron chi connectivity index (χ1n) is 5.99. The molecule has 0 saturated heterocycles. The zero-order valence-corrected chi connectivity index (χ0v) is 12.7. The Labute approximate surface area is 128 Å². The van der Waals surface area contributed by atoms with Crippen molar-refractivity contribution in [3.8, 4) is 11.5 Å². The average Bonchev–Trinajstić information content (AvgIpc) is 2.48. The molecule has 106 valence electrons. The number of hydrogen-bond acceptors (Lipinski definition) is 3. The van der Waals surface area contributed by atoms with Crippen LogP contribution in [0.1, 0.15) is 17.2 Å². The Bertz CT molecular complexity index is 617. The lowest BCUT2D eigenvalue weighted by Crippen LogP contribution is -2.14. The van der Waals surface area contributed by atoms with Crippen LogP contribution in [0.3, 0.4) is 0 Å². The molecule has 0 radical (unpaired) electrons. The maximum absolute atomic E-state index is 6.31. The zero-order chi connectivity index (χ0) is 14.7. The Morgan fingerprint density at radius 3 is 2.35 bits per heavy atom. The van der Waals surface area contributed by atoms with Crippen LogP contribution in [-0.4, -0.2) is 14.2 Å². The minimum absolute atomic E-state index is 0.453. The van der Waals surface area contributed by atoms with Crippen LogP contribution in [0.5, 0.6) is 11.5 Å². The van der Waals surface area contributed by atoms with Gasteiger partial charge in [-0.2, -0.15) is 0 Å². The third-order valence-corrected chi connectivity index (χ3v) is 3.64. The van der Waals surface area contributed by atoms with Crippen molar-refractivity contribution in [3.63, 3.8) is 0 Å². The number of nitrogens with two attached hydrogens (primary N) is 1. The molecule has 0 amide bonds. The van der Waals surface area contributed by atoms with E-state index in [9.17, 15) is 0 Å². The number of rotatable bonds is 4. The average molecular weight is 312 g/mol. The molecule has 0 aliphatic carbocycles. The molecule has 5 heteroatoms. The van der Waals surface area contributed by atoms with E-state index >= 15 is 0 Å². The van der Waals surface area contributed by atoms with Gasteiger partial charge in [0, 0.05) is 15.6 Å². The van der Waals surface area contributed by atoms with Gasteiger partial charge in [-0.25, -0.2) is 0 Å². The quantitative estimate of drug-likeness (QED) is 0.926. The Balaban J connectivity index is 2.51. The van der Waals surface area contributed by atoms with Gasteiger partial charge in [0.25, 0.3) is 0 Å². The summed E-state index contributed by atoms with van der Waals surface area (Å²) in [4.78, 5) is 0. The highest BCUT2D eigenvalue weighted by atomic mass is 35.5. The summed E-state index contributed by atoms with van der Waals surface area (Å²) in [6.45, 7) is 0. The number of benzene rings is 2. The molecule has 0 heterocycles. The predicted molar refractivity (Wildman–Crippen MR) is 82.0 cm³/mol. The van der Waals surface area contributed by atoms with E-state index < -0.39 is 6.04 Å². The summed E-state index contributed by atoms with van der Waals surface area (Å²) in [5.74, 6) is 1.38. The van der Waals surface area contributed by atoms with Crippen LogP contribution in [0.15, 0.2) is 36.4 Å². The van der Waals surface area contributed by atoms with Crippen molar-refractivity contribution in [2.24, 2.45) is 5.73 Å². The third kappa shape index (κ3) is 3.01. The maximum atomic E-state index is 6.31. The zero-order valence-electron chi connectivity index (χ0n) is 11.2. The van der Waals surface area contributed by atoms with Crippen molar-refractivity contribution >= 4 is 23.2 Å². The molecule has 20 heavy (non-hydrogen) atoms. The lowest BCUT2D eigenvalue weighted by molar-refractivity contribution is 0.397. The van der Waals surface area contributed by atoms with E-state index in [1.165, 1.54) is 0 Å². The summed E-state index contributed by atoms with van der Waals surface area (Å²) in [6.07, 6.45) is 0. The second-order valence-electron chi connectivity index (χ2n) is 4.25. The van der Waals surface area contributed by atoms with E-state index in [4.69, 9.17) is 38.4 Å². The normalized spacial score (nSPS) is 12.1. The molecule has 1 unspecified atom stereocenters. The third-order valence-electron chi connectivity index (χ3n) is 3.07. The molecule has 2 rings (SSSR count). The van der Waals surface area contributed by atoms with Gasteiger partial charge >= 0.3 is 0 Å². The van der Waals surface area contributed by atoms with Gasteiger partial charge in [-0.05, 0) is 42.0 Å². The first-order valence-corrected chi connectivity index (χ1v) is 6.75. The van der Waals surface area contributed by atoms with E-state index in [1.807, 2.05) is 18.2 Å². The van der Waals surface area contributed by atoms with Gasteiger partial charge in [0.05, 0.1) is 20.3 Å². The first kappa shape index (κ1) is 15.0. The van der Waals surface area contributed by atoms with E-state index in [0.717, 1.165) is 11.1 Å². The summed E-state index contributed by atoms with van der Waals surface area (Å²) in [7, 11) is 3.20. The van der Waals surface area contributed by atoms with Crippen molar-refractivity contribution in [2.75, 3.05) is 14.2 Å². The summed E-state index contributed by atoms with van der Waals surface area (Å²) < 4.78 is 10.6. The molecule has 3 nitrogen and oxygen atoms in total. The lowest BCUT2D eigenvalue weighted by Gasteiger charge is -2.18. The number of methoxy groups -OCH3 is 2. The van der Waals surface area contributed by atoms with Crippen molar-refractivity contribution in [3.05, 3.63) is 57.6 Å². The van der Waals surface area contributed by atoms with E-state index in [-0.39, 0.29) is 0 Å². The maximum Gasteiger partial charge on any atom is 0.124 e. The molecule has 2 N–H and O–H groups in total. The Hall–Kier alpha value is -1.42. The number of hydrogen-bond donors (Lipinski definition) is 1. The molecule has 0 saturated carbocycles. The van der Waals surface area contributed by atoms with Crippen LogP contribution >= 0.6 is 23.2 Å². The molecule has 0 spiro atoms. The highest BCUT2D eigenvalue weighted by molar-refractivity contribution is 6.33. The van der Waals surface area contributed by atoms with Crippen LogP contribution in [-0.2, 0) is 0 Å². The molecular formula is C15H15Cl2NO2. The standard InChI is InChI=1S/C15H15Cl2NO2/c1-19-10-4-6-14(20-2)12(8-10)15(18)11-7-9(16)3-5-13(11)17/h3-8,15H,18H2,1-2H3. The van der Waals surface area contributed by atoms with Gasteiger partial charge in [-0.3, -0.25) is 0 Å². The largest absolute Gasteiger partial charge is 0.497 e. The molecule has 2 aromatic rings. The highest BCUT2D eigenvalue weighted by Crippen LogP contribution is 2.35. The van der Waals surface area contributed by atoms with Crippen molar-refractivity contribution in [1.29, 1.82) is 0 Å². The summed E-state index contributed by atoms with van der Waals surface area (Å²) >= 11 is 12.2. The Morgan fingerprint density at radius 2 is 1.70 bits per heavy atom. The number of halogens is 2. The van der Waals surface area contributed by atoms with Crippen LogP contribution in [0.4, 0.5) is 0 Å². The summed E-state index contributed by atoms with van der Waals surface area (Å²) in [6, 6.07) is 10.2. The van der Waals surface area contributed by atoms with Gasteiger partial charge in [0.1, 0.15) is 11.5 Å². The van der Waals surface area contributed by atoms with Gasteiger partial charge < -0.3 is 15.2 Å². The SMILES string of the molecule is COc1ccc(OC)c(C(N)c2cc(Cl)ccc2Cl)c1. The molecule has 0 aromatic heterocycles. The van der Waals surface area contributed by atoms with Gasteiger partial charge in [-0.1, -0.05) is 23.2 Å². The topological polar surface area (TPSA) is 44.5 Å². The van der Waals surface area contributed by atoms with Crippen molar-refractivity contribution in [1.82, 2.24) is 0 Å².